The van der Waals surface area contributed by atoms with Crippen molar-refractivity contribution in [3.8, 4) is 0 Å². The third-order valence-electron chi connectivity index (χ3n) is 3.55. The summed E-state index contributed by atoms with van der Waals surface area (Å²) in [7, 11) is 0. The number of allylic oxidation sites excluding steroid dienone is 2. The van der Waals surface area contributed by atoms with Gasteiger partial charge in [-0.05, 0) is 57.9 Å². The van der Waals surface area contributed by atoms with Gasteiger partial charge in [-0.25, -0.2) is 0 Å². The van der Waals surface area contributed by atoms with Gasteiger partial charge in [0.25, 0.3) is 0 Å². The second-order valence-corrected chi connectivity index (χ2v) is 5.85. The Morgan fingerprint density at radius 3 is 1.96 bits per heavy atom. The monoisotopic (exact) mass is 351 g/mol. The van der Waals surface area contributed by atoms with Gasteiger partial charge in [0.2, 0.25) is 0 Å². The third-order valence-corrected chi connectivity index (χ3v) is 3.55. The molecular formula is C17H19F6N. The van der Waals surface area contributed by atoms with Gasteiger partial charge in [-0.3, -0.25) is 4.99 Å². The SMILES string of the molecule is C/C(C(=NC(C)C)c1cc(C(F)(F)F)ccc1C)=C(/C)C(F)(F)F. The molecule has 0 bridgehead atoms. The second-order valence-electron chi connectivity index (χ2n) is 5.85. The predicted octanol–water partition coefficient (Wildman–Crippen LogP) is 6.11. The molecule has 0 saturated heterocycles. The average molecular weight is 351 g/mol. The lowest BCUT2D eigenvalue weighted by Crippen LogP contribution is -2.18. The lowest BCUT2D eigenvalue weighted by atomic mass is 9.93. The number of benzene rings is 1. The fourth-order valence-corrected chi connectivity index (χ4v) is 2.07. The lowest BCUT2D eigenvalue weighted by molar-refractivity contribution is -0.137. The van der Waals surface area contributed by atoms with Gasteiger partial charge >= 0.3 is 12.4 Å². The molecular weight excluding hydrogens is 332 g/mol. The molecule has 1 nitrogen and oxygen atoms in total. The van der Waals surface area contributed by atoms with Gasteiger partial charge in [-0.2, -0.15) is 26.3 Å². The van der Waals surface area contributed by atoms with E-state index in [0.29, 0.717) is 5.56 Å². The Hall–Kier alpha value is -1.79. The zero-order chi connectivity index (χ0) is 18.9. The van der Waals surface area contributed by atoms with Gasteiger partial charge < -0.3 is 0 Å². The van der Waals surface area contributed by atoms with E-state index < -0.39 is 23.5 Å². The van der Waals surface area contributed by atoms with Crippen molar-refractivity contribution >= 4 is 5.71 Å². The van der Waals surface area contributed by atoms with Crippen LogP contribution in [-0.4, -0.2) is 17.9 Å². The van der Waals surface area contributed by atoms with Crippen molar-refractivity contribution < 1.29 is 26.3 Å². The summed E-state index contributed by atoms with van der Waals surface area (Å²) in [6.45, 7) is 6.97. The van der Waals surface area contributed by atoms with Crippen LogP contribution in [0.3, 0.4) is 0 Å². The van der Waals surface area contributed by atoms with Gasteiger partial charge in [-0.15, -0.1) is 0 Å². The number of hydrogen-bond acceptors (Lipinski definition) is 1. The summed E-state index contributed by atoms with van der Waals surface area (Å²) in [4.78, 5) is 4.16. The van der Waals surface area contributed by atoms with E-state index >= 15 is 0 Å². The van der Waals surface area contributed by atoms with Gasteiger partial charge in [-0.1, -0.05) is 6.07 Å². The van der Waals surface area contributed by atoms with Crippen LogP contribution in [0.15, 0.2) is 34.3 Å². The van der Waals surface area contributed by atoms with E-state index in [-0.39, 0.29) is 22.9 Å². The number of aliphatic imine (C=N–C) groups is 1. The molecule has 0 aromatic heterocycles. The van der Waals surface area contributed by atoms with Crippen molar-refractivity contribution in [1.29, 1.82) is 0 Å². The summed E-state index contributed by atoms with van der Waals surface area (Å²) in [5, 5.41) is 0. The Balaban J connectivity index is 3.67. The fourth-order valence-electron chi connectivity index (χ4n) is 2.07. The van der Waals surface area contributed by atoms with Crippen LogP contribution in [0.1, 0.15) is 44.4 Å². The molecule has 0 N–H and O–H groups in total. The standard InChI is InChI=1S/C17H19F6N/c1-9(2)24-15(11(4)12(5)16(18,19)20)14-8-13(17(21,22)23)7-6-10(14)3/h6-9H,1-5H3/b12-11+,24-15?. The molecule has 24 heavy (non-hydrogen) atoms. The maximum absolute atomic E-state index is 13.0. The molecule has 7 heteroatoms. The topological polar surface area (TPSA) is 12.4 Å². The van der Waals surface area contributed by atoms with Crippen molar-refractivity contribution in [2.75, 3.05) is 0 Å². The Labute approximate surface area is 137 Å². The summed E-state index contributed by atoms with van der Waals surface area (Å²) >= 11 is 0. The van der Waals surface area contributed by atoms with E-state index in [9.17, 15) is 26.3 Å². The minimum absolute atomic E-state index is 0.0552. The van der Waals surface area contributed by atoms with E-state index in [2.05, 4.69) is 4.99 Å². The van der Waals surface area contributed by atoms with E-state index in [1.165, 1.54) is 13.0 Å². The molecule has 0 saturated carbocycles. The van der Waals surface area contributed by atoms with Crippen LogP contribution >= 0.6 is 0 Å². The van der Waals surface area contributed by atoms with Crippen LogP contribution in [0, 0.1) is 6.92 Å². The summed E-state index contributed by atoms with van der Waals surface area (Å²) in [5.41, 5.74) is -1.56. The molecule has 0 aliphatic rings. The first-order chi connectivity index (χ1) is 10.7. The van der Waals surface area contributed by atoms with Gasteiger partial charge in [0.1, 0.15) is 0 Å². The number of alkyl halides is 6. The molecule has 1 aromatic rings. The van der Waals surface area contributed by atoms with Crippen molar-refractivity contribution in [3.63, 3.8) is 0 Å². The summed E-state index contributed by atoms with van der Waals surface area (Å²) in [6.07, 6.45) is -9.15. The zero-order valence-corrected chi connectivity index (χ0v) is 14.0. The predicted molar refractivity (Wildman–Crippen MR) is 82.3 cm³/mol. The highest BCUT2D eigenvalue weighted by Crippen LogP contribution is 2.33. The minimum Gasteiger partial charge on any atom is -0.282 e. The van der Waals surface area contributed by atoms with Crippen molar-refractivity contribution in [2.45, 2.75) is 53.0 Å². The van der Waals surface area contributed by atoms with Crippen LogP contribution in [0.25, 0.3) is 0 Å². The summed E-state index contributed by atoms with van der Waals surface area (Å²) in [6, 6.07) is 2.62. The van der Waals surface area contributed by atoms with E-state index in [4.69, 9.17) is 0 Å². The number of aryl methyl sites for hydroxylation is 1. The number of nitrogens with zero attached hydrogens (tertiary/aromatic N) is 1. The molecule has 0 aliphatic carbocycles. The molecule has 134 valence electrons. The van der Waals surface area contributed by atoms with E-state index in [1.54, 1.807) is 20.8 Å². The normalized spacial score (nSPS) is 14.9. The van der Waals surface area contributed by atoms with Crippen LogP contribution in [0.4, 0.5) is 26.3 Å². The summed E-state index contributed by atoms with van der Waals surface area (Å²) in [5.74, 6) is 0. The minimum atomic E-state index is -4.58. The first-order valence-corrected chi connectivity index (χ1v) is 7.26. The van der Waals surface area contributed by atoms with Crippen molar-refractivity contribution in [1.82, 2.24) is 0 Å². The molecule has 0 fully saturated rings. The zero-order valence-electron chi connectivity index (χ0n) is 14.0. The molecule has 1 rings (SSSR count). The Kier molecular flexibility index (Phi) is 5.90. The van der Waals surface area contributed by atoms with Gasteiger partial charge in [0.05, 0.1) is 11.3 Å². The quantitative estimate of drug-likeness (QED) is 0.460. The third kappa shape index (κ3) is 4.85. The molecule has 0 unspecified atom stereocenters. The molecule has 1 aromatic carbocycles. The Morgan fingerprint density at radius 2 is 1.54 bits per heavy atom. The first kappa shape index (κ1) is 20.3. The second kappa shape index (κ2) is 6.99. The number of rotatable bonds is 3. The largest absolute Gasteiger partial charge is 0.416 e. The van der Waals surface area contributed by atoms with Crippen molar-refractivity contribution in [2.24, 2.45) is 4.99 Å². The van der Waals surface area contributed by atoms with Crippen molar-refractivity contribution in [3.05, 3.63) is 46.0 Å². The smallest absolute Gasteiger partial charge is 0.282 e. The average Bonchev–Trinajstić information content (AvgIpc) is 2.41. The highest BCUT2D eigenvalue weighted by Gasteiger charge is 2.34. The molecule has 0 radical (unpaired) electrons. The summed E-state index contributed by atoms with van der Waals surface area (Å²) < 4.78 is 77.8. The molecule has 0 spiro atoms. The van der Waals surface area contributed by atoms with E-state index in [1.807, 2.05) is 0 Å². The van der Waals surface area contributed by atoms with Crippen LogP contribution in [0.2, 0.25) is 0 Å². The fraction of sp³-hybridized carbons (Fsp3) is 0.471. The molecule has 0 heterocycles. The number of halogens is 6. The highest BCUT2D eigenvalue weighted by atomic mass is 19.4. The van der Waals surface area contributed by atoms with Crippen LogP contribution < -0.4 is 0 Å². The van der Waals surface area contributed by atoms with Crippen LogP contribution in [-0.2, 0) is 6.18 Å². The lowest BCUT2D eigenvalue weighted by Gasteiger charge is -2.18. The maximum Gasteiger partial charge on any atom is 0.416 e. The Bertz CT molecular complexity index is 663. The molecule has 0 amide bonds. The molecule has 0 aliphatic heterocycles. The van der Waals surface area contributed by atoms with Gasteiger partial charge in [0.15, 0.2) is 0 Å². The highest BCUT2D eigenvalue weighted by molar-refractivity contribution is 6.13. The molecule has 0 atom stereocenters. The first-order valence-electron chi connectivity index (χ1n) is 7.26. The maximum atomic E-state index is 13.0. The number of hydrogen-bond donors (Lipinski definition) is 0. The van der Waals surface area contributed by atoms with Gasteiger partial charge in [0, 0.05) is 17.2 Å². The Morgan fingerprint density at radius 1 is 1.00 bits per heavy atom. The van der Waals surface area contributed by atoms with E-state index in [0.717, 1.165) is 19.1 Å². The van der Waals surface area contributed by atoms with Crippen LogP contribution in [0.5, 0.6) is 0 Å².